The maximum absolute atomic E-state index is 5.73. The highest BCUT2D eigenvalue weighted by molar-refractivity contribution is 7.80. The molecule has 0 amide bonds. The number of thiocarbonyl (C=S) groups is 1. The summed E-state index contributed by atoms with van der Waals surface area (Å²) < 4.78 is 5.66. The second-order valence-corrected chi connectivity index (χ2v) is 4.63. The molecule has 0 spiro atoms. The van der Waals surface area contributed by atoms with Crippen LogP contribution in [0.25, 0.3) is 0 Å². The third kappa shape index (κ3) is 2.85. The molecule has 6 heteroatoms. The van der Waals surface area contributed by atoms with Crippen LogP contribution in [0, 0.1) is 20.8 Å². The number of aromatic nitrogens is 3. The van der Waals surface area contributed by atoms with Gasteiger partial charge in [-0.1, -0.05) is 12.2 Å². The Hall–Kier alpha value is -2.08. The van der Waals surface area contributed by atoms with Crippen molar-refractivity contribution in [3.8, 4) is 11.6 Å². The van der Waals surface area contributed by atoms with Crippen LogP contribution in [0.4, 0.5) is 0 Å². The van der Waals surface area contributed by atoms with Crippen molar-refractivity contribution in [2.45, 2.75) is 20.8 Å². The van der Waals surface area contributed by atoms with Crippen molar-refractivity contribution in [2.24, 2.45) is 5.73 Å². The van der Waals surface area contributed by atoms with Crippen LogP contribution >= 0.6 is 12.2 Å². The van der Waals surface area contributed by atoms with E-state index in [2.05, 4.69) is 15.2 Å². The first-order valence-corrected chi connectivity index (χ1v) is 6.14. The first-order chi connectivity index (χ1) is 8.99. The summed E-state index contributed by atoms with van der Waals surface area (Å²) in [6, 6.07) is 3.66. The van der Waals surface area contributed by atoms with Gasteiger partial charge in [0.05, 0.1) is 17.5 Å². The number of aryl methyl sites for hydroxylation is 2. The largest absolute Gasteiger partial charge is 0.435 e. The van der Waals surface area contributed by atoms with E-state index in [1.807, 2.05) is 32.9 Å². The second-order valence-electron chi connectivity index (χ2n) is 4.19. The van der Waals surface area contributed by atoms with E-state index in [-0.39, 0.29) is 4.99 Å². The van der Waals surface area contributed by atoms with Gasteiger partial charge in [-0.2, -0.15) is 5.10 Å². The monoisotopic (exact) mass is 274 g/mol. The van der Waals surface area contributed by atoms with E-state index in [4.69, 9.17) is 22.7 Å². The van der Waals surface area contributed by atoms with Crippen molar-refractivity contribution >= 4 is 17.2 Å². The normalized spacial score (nSPS) is 10.3. The molecule has 0 bridgehead atoms. The third-order valence-corrected chi connectivity index (χ3v) is 2.97. The van der Waals surface area contributed by atoms with Gasteiger partial charge in [0.1, 0.15) is 10.7 Å². The zero-order valence-electron chi connectivity index (χ0n) is 11.0. The van der Waals surface area contributed by atoms with E-state index in [1.54, 1.807) is 6.20 Å². The molecular formula is C13H14N4OS. The predicted octanol–water partition coefficient (Wildman–Crippen LogP) is 2.22. The molecular weight excluding hydrogens is 260 g/mol. The summed E-state index contributed by atoms with van der Waals surface area (Å²) in [5, 5.41) is 8.04. The lowest BCUT2D eigenvalue weighted by Crippen LogP contribution is -2.15. The Balaban J connectivity index is 2.42. The Bertz CT molecular complexity index is 625. The van der Waals surface area contributed by atoms with Crippen LogP contribution in [-0.4, -0.2) is 20.2 Å². The Labute approximate surface area is 116 Å². The standard InChI is InChI=1S/C13H14N4OS/c1-7-4-5-10(6-15-7)18-13-11(12(14)19)8(2)9(3)16-17-13/h4-6H,1-3H3,(H2,14,19). The summed E-state index contributed by atoms with van der Waals surface area (Å²) in [4.78, 5) is 4.39. The number of nitrogens with two attached hydrogens (primary N) is 1. The molecule has 0 unspecified atom stereocenters. The van der Waals surface area contributed by atoms with Gasteiger partial charge >= 0.3 is 0 Å². The molecule has 98 valence electrons. The van der Waals surface area contributed by atoms with Crippen LogP contribution in [0.15, 0.2) is 18.3 Å². The molecule has 2 aromatic heterocycles. The minimum Gasteiger partial charge on any atom is -0.435 e. The molecule has 0 fully saturated rings. The number of nitrogens with zero attached hydrogens (tertiary/aromatic N) is 3. The van der Waals surface area contributed by atoms with E-state index in [1.165, 1.54) is 0 Å². The van der Waals surface area contributed by atoms with Gasteiger partial charge in [0, 0.05) is 5.69 Å². The Morgan fingerprint density at radius 3 is 2.53 bits per heavy atom. The molecule has 0 aliphatic heterocycles. The van der Waals surface area contributed by atoms with Crippen LogP contribution in [0.2, 0.25) is 0 Å². The molecule has 0 radical (unpaired) electrons. The highest BCUT2D eigenvalue weighted by Crippen LogP contribution is 2.25. The third-order valence-electron chi connectivity index (χ3n) is 2.77. The summed E-state index contributed by atoms with van der Waals surface area (Å²) in [5.41, 5.74) is 8.90. The topological polar surface area (TPSA) is 73.9 Å². The fourth-order valence-electron chi connectivity index (χ4n) is 1.57. The number of ether oxygens (including phenoxy) is 1. The van der Waals surface area contributed by atoms with Crippen molar-refractivity contribution in [3.05, 3.63) is 40.8 Å². The minimum atomic E-state index is 0.241. The van der Waals surface area contributed by atoms with E-state index in [9.17, 15) is 0 Å². The molecule has 2 aromatic rings. The van der Waals surface area contributed by atoms with Gasteiger partial charge in [-0.25, -0.2) is 0 Å². The summed E-state index contributed by atoms with van der Waals surface area (Å²) in [6.45, 7) is 5.64. The smallest absolute Gasteiger partial charge is 0.249 e. The highest BCUT2D eigenvalue weighted by atomic mass is 32.1. The van der Waals surface area contributed by atoms with Crippen molar-refractivity contribution < 1.29 is 4.74 Å². The molecule has 19 heavy (non-hydrogen) atoms. The van der Waals surface area contributed by atoms with Gasteiger partial charge in [0.15, 0.2) is 0 Å². The van der Waals surface area contributed by atoms with Crippen molar-refractivity contribution in [2.75, 3.05) is 0 Å². The lowest BCUT2D eigenvalue weighted by atomic mass is 10.1. The van der Waals surface area contributed by atoms with Crippen LogP contribution in [0.3, 0.4) is 0 Å². The molecule has 0 aromatic carbocycles. The molecule has 0 saturated heterocycles. The van der Waals surface area contributed by atoms with Gasteiger partial charge in [-0.3, -0.25) is 4.98 Å². The van der Waals surface area contributed by atoms with E-state index in [0.29, 0.717) is 17.2 Å². The number of pyridine rings is 1. The number of rotatable bonds is 3. The van der Waals surface area contributed by atoms with Crippen LogP contribution < -0.4 is 10.5 Å². The lowest BCUT2D eigenvalue weighted by molar-refractivity contribution is 0.450. The molecule has 2 heterocycles. The van der Waals surface area contributed by atoms with Crippen LogP contribution in [0.5, 0.6) is 11.6 Å². The van der Waals surface area contributed by atoms with Gasteiger partial charge in [0.25, 0.3) is 0 Å². The predicted molar refractivity (Wildman–Crippen MR) is 76.4 cm³/mol. The SMILES string of the molecule is Cc1ccc(Oc2nnc(C)c(C)c2C(N)=S)cn1. The Morgan fingerprint density at radius 2 is 1.95 bits per heavy atom. The molecule has 0 atom stereocenters. The first-order valence-electron chi connectivity index (χ1n) is 5.73. The highest BCUT2D eigenvalue weighted by Gasteiger charge is 2.15. The van der Waals surface area contributed by atoms with Crippen LogP contribution in [-0.2, 0) is 0 Å². The summed E-state index contributed by atoms with van der Waals surface area (Å²) in [6.07, 6.45) is 1.62. The van der Waals surface area contributed by atoms with E-state index < -0.39 is 0 Å². The molecule has 2 N–H and O–H groups in total. The van der Waals surface area contributed by atoms with E-state index >= 15 is 0 Å². The van der Waals surface area contributed by atoms with Crippen molar-refractivity contribution in [3.63, 3.8) is 0 Å². The summed E-state index contributed by atoms with van der Waals surface area (Å²) in [7, 11) is 0. The van der Waals surface area contributed by atoms with Crippen LogP contribution in [0.1, 0.15) is 22.5 Å². The fraction of sp³-hybridized carbons (Fsp3) is 0.231. The fourth-order valence-corrected chi connectivity index (χ4v) is 1.81. The van der Waals surface area contributed by atoms with E-state index in [0.717, 1.165) is 17.0 Å². The molecule has 5 nitrogen and oxygen atoms in total. The summed E-state index contributed by atoms with van der Waals surface area (Å²) in [5.74, 6) is 0.877. The quantitative estimate of drug-likeness (QED) is 0.865. The minimum absolute atomic E-state index is 0.241. The molecule has 0 aliphatic rings. The van der Waals surface area contributed by atoms with Gasteiger partial charge in [0.2, 0.25) is 5.88 Å². The van der Waals surface area contributed by atoms with Gasteiger partial charge in [-0.05, 0) is 38.5 Å². The zero-order valence-corrected chi connectivity index (χ0v) is 11.8. The Morgan fingerprint density at radius 1 is 1.21 bits per heavy atom. The van der Waals surface area contributed by atoms with Gasteiger partial charge < -0.3 is 10.5 Å². The number of hydrogen-bond acceptors (Lipinski definition) is 5. The maximum Gasteiger partial charge on any atom is 0.249 e. The average molecular weight is 274 g/mol. The average Bonchev–Trinajstić information content (AvgIpc) is 2.36. The lowest BCUT2D eigenvalue weighted by Gasteiger charge is -2.11. The summed E-state index contributed by atoms with van der Waals surface area (Å²) >= 11 is 5.05. The second kappa shape index (κ2) is 5.27. The molecule has 0 aliphatic carbocycles. The molecule has 0 saturated carbocycles. The zero-order chi connectivity index (χ0) is 14.0. The maximum atomic E-state index is 5.73. The first kappa shape index (κ1) is 13.4. The number of hydrogen-bond donors (Lipinski definition) is 1. The van der Waals surface area contributed by atoms with Gasteiger partial charge in [-0.15, -0.1) is 5.10 Å². The Kier molecular flexibility index (Phi) is 3.71. The molecule has 2 rings (SSSR count). The van der Waals surface area contributed by atoms with Crippen molar-refractivity contribution in [1.82, 2.24) is 15.2 Å². The van der Waals surface area contributed by atoms with Crippen molar-refractivity contribution in [1.29, 1.82) is 0 Å².